The lowest BCUT2D eigenvalue weighted by atomic mass is 10.0. The Morgan fingerprint density at radius 3 is 2.47 bits per heavy atom. The van der Waals surface area contributed by atoms with Crippen LogP contribution in [-0.4, -0.2) is 4.83 Å². The molecule has 1 unspecified atom stereocenters. The van der Waals surface area contributed by atoms with E-state index in [1.165, 1.54) is 32.1 Å². The van der Waals surface area contributed by atoms with Crippen LogP contribution < -0.4 is 0 Å². The van der Waals surface area contributed by atoms with Gasteiger partial charge in [0, 0.05) is 4.83 Å². The standard InChI is InChI=1S/C16H23BrF2/c1-2-3-4-5-6-7-10-14(17)12-13-9-8-11-15(18)16(13)19/h8-9,11,14H,2-7,10,12H2,1H3. The van der Waals surface area contributed by atoms with Gasteiger partial charge in [-0.3, -0.25) is 0 Å². The van der Waals surface area contributed by atoms with Crippen LogP contribution in [0.25, 0.3) is 0 Å². The lowest BCUT2D eigenvalue weighted by molar-refractivity contribution is 0.496. The van der Waals surface area contributed by atoms with Crippen molar-refractivity contribution in [1.82, 2.24) is 0 Å². The maximum atomic E-state index is 13.5. The number of alkyl halides is 1. The lowest BCUT2D eigenvalue weighted by Gasteiger charge is -2.10. The zero-order valence-corrected chi connectivity index (χ0v) is 13.2. The van der Waals surface area contributed by atoms with Gasteiger partial charge in [0.15, 0.2) is 11.6 Å². The van der Waals surface area contributed by atoms with E-state index in [0.717, 1.165) is 18.9 Å². The fourth-order valence-electron chi connectivity index (χ4n) is 2.19. The second-order valence-electron chi connectivity index (χ2n) is 5.07. The minimum absolute atomic E-state index is 0.231. The van der Waals surface area contributed by atoms with Crippen molar-refractivity contribution in [3.63, 3.8) is 0 Å². The van der Waals surface area contributed by atoms with E-state index < -0.39 is 11.6 Å². The molecule has 0 aromatic heterocycles. The largest absolute Gasteiger partial charge is 0.204 e. The third-order valence-corrected chi connectivity index (χ3v) is 4.13. The van der Waals surface area contributed by atoms with Crippen LogP contribution in [-0.2, 0) is 6.42 Å². The van der Waals surface area contributed by atoms with Gasteiger partial charge in [0.25, 0.3) is 0 Å². The first kappa shape index (κ1) is 16.6. The molecule has 19 heavy (non-hydrogen) atoms. The van der Waals surface area contributed by atoms with Crippen LogP contribution in [0.2, 0.25) is 0 Å². The number of hydrogen-bond acceptors (Lipinski definition) is 0. The molecular formula is C16H23BrF2. The Labute approximate surface area is 123 Å². The third kappa shape index (κ3) is 6.51. The van der Waals surface area contributed by atoms with Gasteiger partial charge >= 0.3 is 0 Å². The van der Waals surface area contributed by atoms with Crippen molar-refractivity contribution >= 4 is 15.9 Å². The molecule has 1 aromatic rings. The van der Waals surface area contributed by atoms with Gasteiger partial charge in [-0.2, -0.15) is 0 Å². The first-order valence-electron chi connectivity index (χ1n) is 7.22. The molecule has 0 saturated carbocycles. The number of halogens is 3. The molecule has 0 N–H and O–H groups in total. The van der Waals surface area contributed by atoms with Gasteiger partial charge in [0.2, 0.25) is 0 Å². The summed E-state index contributed by atoms with van der Waals surface area (Å²) in [5, 5.41) is 0. The van der Waals surface area contributed by atoms with Crippen molar-refractivity contribution in [3.05, 3.63) is 35.4 Å². The first-order chi connectivity index (χ1) is 9.15. The van der Waals surface area contributed by atoms with E-state index in [9.17, 15) is 8.78 Å². The molecule has 1 atom stereocenters. The Bertz CT molecular complexity index is 366. The van der Waals surface area contributed by atoms with E-state index in [4.69, 9.17) is 0 Å². The Balaban J connectivity index is 2.23. The van der Waals surface area contributed by atoms with Crippen molar-refractivity contribution in [2.24, 2.45) is 0 Å². The molecular weight excluding hydrogens is 310 g/mol. The van der Waals surface area contributed by atoms with Gasteiger partial charge in [0.05, 0.1) is 0 Å². The molecule has 0 amide bonds. The van der Waals surface area contributed by atoms with Gasteiger partial charge < -0.3 is 0 Å². The monoisotopic (exact) mass is 332 g/mol. The predicted octanol–water partition coefficient (Wildman–Crippen LogP) is 6.02. The van der Waals surface area contributed by atoms with Gasteiger partial charge in [-0.1, -0.05) is 73.5 Å². The van der Waals surface area contributed by atoms with E-state index in [1.807, 2.05) is 0 Å². The minimum atomic E-state index is -0.753. The van der Waals surface area contributed by atoms with Gasteiger partial charge in [-0.15, -0.1) is 0 Å². The van der Waals surface area contributed by atoms with Crippen molar-refractivity contribution in [3.8, 4) is 0 Å². The molecule has 0 fully saturated rings. The fourth-order valence-corrected chi connectivity index (χ4v) is 2.87. The minimum Gasteiger partial charge on any atom is -0.204 e. The summed E-state index contributed by atoms with van der Waals surface area (Å²) in [4.78, 5) is 0.231. The number of unbranched alkanes of at least 4 members (excludes halogenated alkanes) is 5. The maximum Gasteiger partial charge on any atom is 0.162 e. The highest BCUT2D eigenvalue weighted by molar-refractivity contribution is 9.09. The van der Waals surface area contributed by atoms with Crippen LogP contribution in [0, 0.1) is 11.6 Å². The van der Waals surface area contributed by atoms with E-state index >= 15 is 0 Å². The third-order valence-electron chi connectivity index (χ3n) is 3.34. The second kappa shape index (κ2) is 9.46. The molecule has 0 aliphatic heterocycles. The summed E-state index contributed by atoms with van der Waals surface area (Å²) < 4.78 is 26.6. The highest BCUT2D eigenvalue weighted by Gasteiger charge is 2.12. The molecule has 0 bridgehead atoms. The van der Waals surface area contributed by atoms with Crippen molar-refractivity contribution in [2.75, 3.05) is 0 Å². The van der Waals surface area contributed by atoms with Crippen LogP contribution in [0.1, 0.15) is 57.4 Å². The quantitative estimate of drug-likeness (QED) is 0.383. The Morgan fingerprint density at radius 1 is 1.05 bits per heavy atom. The van der Waals surface area contributed by atoms with Crippen molar-refractivity contribution < 1.29 is 8.78 Å². The number of rotatable bonds is 9. The zero-order chi connectivity index (χ0) is 14.1. The SMILES string of the molecule is CCCCCCCCC(Br)Cc1cccc(F)c1F. The molecule has 0 nitrogen and oxygen atoms in total. The zero-order valence-electron chi connectivity index (χ0n) is 11.6. The molecule has 0 saturated heterocycles. The highest BCUT2D eigenvalue weighted by Crippen LogP contribution is 2.20. The van der Waals surface area contributed by atoms with E-state index in [-0.39, 0.29) is 4.83 Å². The summed E-state index contributed by atoms with van der Waals surface area (Å²) in [6, 6.07) is 4.39. The summed E-state index contributed by atoms with van der Waals surface area (Å²) in [6.45, 7) is 2.21. The summed E-state index contributed by atoms with van der Waals surface area (Å²) in [7, 11) is 0. The van der Waals surface area contributed by atoms with Gasteiger partial charge in [-0.25, -0.2) is 8.78 Å². The van der Waals surface area contributed by atoms with Gasteiger partial charge in [0.1, 0.15) is 0 Å². The molecule has 3 heteroatoms. The number of hydrogen-bond donors (Lipinski definition) is 0. The van der Waals surface area contributed by atoms with Crippen molar-refractivity contribution in [2.45, 2.75) is 63.1 Å². The molecule has 0 spiro atoms. The Kier molecular flexibility index (Phi) is 8.27. The first-order valence-corrected chi connectivity index (χ1v) is 8.13. The van der Waals surface area contributed by atoms with Crippen LogP contribution in [0.4, 0.5) is 8.78 Å². The second-order valence-corrected chi connectivity index (χ2v) is 6.37. The average Bonchev–Trinajstić information content (AvgIpc) is 2.39. The smallest absolute Gasteiger partial charge is 0.162 e. The van der Waals surface area contributed by atoms with Crippen LogP contribution in [0.15, 0.2) is 18.2 Å². The Morgan fingerprint density at radius 2 is 1.74 bits per heavy atom. The van der Waals surface area contributed by atoms with Crippen LogP contribution in [0.3, 0.4) is 0 Å². The highest BCUT2D eigenvalue weighted by atomic mass is 79.9. The van der Waals surface area contributed by atoms with E-state index in [1.54, 1.807) is 12.1 Å². The molecule has 0 aliphatic rings. The molecule has 0 radical (unpaired) electrons. The maximum absolute atomic E-state index is 13.5. The molecule has 1 rings (SSSR count). The van der Waals surface area contributed by atoms with E-state index in [2.05, 4.69) is 22.9 Å². The average molecular weight is 333 g/mol. The molecule has 0 aliphatic carbocycles. The normalized spacial score (nSPS) is 12.6. The summed E-state index contributed by atoms with van der Waals surface area (Å²) >= 11 is 3.57. The molecule has 108 valence electrons. The summed E-state index contributed by atoms with van der Waals surface area (Å²) in [5.74, 6) is -1.45. The van der Waals surface area contributed by atoms with Crippen LogP contribution >= 0.6 is 15.9 Å². The lowest BCUT2D eigenvalue weighted by Crippen LogP contribution is -2.05. The summed E-state index contributed by atoms with van der Waals surface area (Å²) in [5.41, 5.74) is 0.466. The van der Waals surface area contributed by atoms with Crippen molar-refractivity contribution in [1.29, 1.82) is 0 Å². The summed E-state index contributed by atoms with van der Waals surface area (Å²) in [6.07, 6.45) is 9.11. The fraction of sp³-hybridized carbons (Fsp3) is 0.625. The Hall–Kier alpha value is -0.440. The number of benzene rings is 1. The molecule has 0 heterocycles. The van der Waals surface area contributed by atoms with Crippen LogP contribution in [0.5, 0.6) is 0 Å². The topological polar surface area (TPSA) is 0 Å². The molecule has 1 aromatic carbocycles. The predicted molar refractivity (Wildman–Crippen MR) is 80.8 cm³/mol. The van der Waals surface area contributed by atoms with Gasteiger partial charge in [-0.05, 0) is 24.5 Å². The van der Waals surface area contributed by atoms with E-state index in [0.29, 0.717) is 12.0 Å².